The van der Waals surface area contributed by atoms with Crippen molar-refractivity contribution >= 4 is 17.9 Å². The van der Waals surface area contributed by atoms with Crippen molar-refractivity contribution in [2.24, 2.45) is 5.92 Å². The molecule has 1 aliphatic rings. The van der Waals surface area contributed by atoms with Gasteiger partial charge in [-0.2, -0.15) is 0 Å². The lowest BCUT2D eigenvalue weighted by Crippen LogP contribution is -2.42. The van der Waals surface area contributed by atoms with Crippen molar-refractivity contribution in [2.75, 3.05) is 32.8 Å². The van der Waals surface area contributed by atoms with Gasteiger partial charge in [0.1, 0.15) is 11.4 Å². The lowest BCUT2D eigenvalue weighted by molar-refractivity contribution is -0.132. The number of alkyl carbamates (subject to hydrolysis) is 1. The first-order chi connectivity index (χ1) is 14.7. The molecule has 1 aromatic rings. The van der Waals surface area contributed by atoms with E-state index in [1.165, 1.54) is 0 Å². The van der Waals surface area contributed by atoms with Crippen LogP contribution in [0.15, 0.2) is 30.3 Å². The van der Waals surface area contributed by atoms with Gasteiger partial charge in [-0.3, -0.25) is 9.59 Å². The average Bonchev–Trinajstić information content (AvgIpc) is 2.72. The highest BCUT2D eigenvalue weighted by Gasteiger charge is 2.23. The fraction of sp³-hybridized carbons (Fsp3) is 0.609. The first-order valence-corrected chi connectivity index (χ1v) is 10.9. The van der Waals surface area contributed by atoms with E-state index in [0.717, 1.165) is 18.6 Å². The molecule has 0 bridgehead atoms. The van der Waals surface area contributed by atoms with Gasteiger partial charge in [0.25, 0.3) is 0 Å². The number of piperidine rings is 1. The smallest absolute Gasteiger partial charge is 0.407 e. The van der Waals surface area contributed by atoms with Gasteiger partial charge in [-0.25, -0.2) is 4.79 Å². The number of carbonyl (C=O) groups is 3. The van der Waals surface area contributed by atoms with E-state index < -0.39 is 11.7 Å². The number of nitrogens with zero attached hydrogens (tertiary/aromatic N) is 1. The first kappa shape index (κ1) is 24.5. The molecule has 8 nitrogen and oxygen atoms in total. The van der Waals surface area contributed by atoms with Gasteiger partial charge in [0, 0.05) is 32.6 Å². The second-order valence-corrected chi connectivity index (χ2v) is 8.72. The Kier molecular flexibility index (Phi) is 9.62. The number of hydrogen-bond acceptors (Lipinski definition) is 5. The summed E-state index contributed by atoms with van der Waals surface area (Å²) in [6, 6.07) is 9.43. The van der Waals surface area contributed by atoms with E-state index in [1.807, 2.05) is 35.2 Å². The molecule has 1 heterocycles. The number of rotatable bonds is 9. The van der Waals surface area contributed by atoms with Gasteiger partial charge in [0.15, 0.2) is 0 Å². The van der Waals surface area contributed by atoms with Crippen LogP contribution in [0.3, 0.4) is 0 Å². The number of ether oxygens (including phenoxy) is 2. The highest BCUT2D eigenvalue weighted by atomic mass is 16.6. The summed E-state index contributed by atoms with van der Waals surface area (Å²) in [6.07, 6.45) is 1.76. The molecule has 1 saturated heterocycles. The molecule has 2 N–H and O–H groups in total. The van der Waals surface area contributed by atoms with E-state index in [2.05, 4.69) is 10.6 Å². The van der Waals surface area contributed by atoms with Crippen LogP contribution in [0.4, 0.5) is 4.79 Å². The minimum Gasteiger partial charge on any atom is -0.493 e. The molecular formula is C23H35N3O5. The van der Waals surface area contributed by atoms with E-state index >= 15 is 0 Å². The molecule has 3 amide bonds. The fourth-order valence-electron chi connectivity index (χ4n) is 3.26. The summed E-state index contributed by atoms with van der Waals surface area (Å²) in [6.45, 7) is 7.95. The van der Waals surface area contributed by atoms with Crippen molar-refractivity contribution in [1.82, 2.24) is 15.5 Å². The maximum absolute atomic E-state index is 12.3. The first-order valence-electron chi connectivity index (χ1n) is 10.9. The number of likely N-dealkylation sites (tertiary alicyclic amines) is 1. The van der Waals surface area contributed by atoms with Gasteiger partial charge in [0.2, 0.25) is 11.8 Å². The topological polar surface area (TPSA) is 97.0 Å². The van der Waals surface area contributed by atoms with Crippen LogP contribution >= 0.6 is 0 Å². The number of para-hydroxylation sites is 1. The molecular weight excluding hydrogens is 398 g/mol. The Morgan fingerprint density at radius 2 is 1.71 bits per heavy atom. The van der Waals surface area contributed by atoms with Gasteiger partial charge >= 0.3 is 6.09 Å². The molecule has 172 valence electrons. The monoisotopic (exact) mass is 433 g/mol. The minimum absolute atomic E-state index is 0.0246. The molecule has 0 aromatic heterocycles. The molecule has 0 spiro atoms. The normalized spacial score (nSPS) is 14.6. The molecule has 0 unspecified atom stereocenters. The van der Waals surface area contributed by atoms with Crippen LogP contribution in [0, 0.1) is 5.92 Å². The number of carbonyl (C=O) groups excluding carboxylic acids is 3. The number of benzene rings is 1. The second kappa shape index (κ2) is 12.2. The van der Waals surface area contributed by atoms with E-state index in [4.69, 9.17) is 9.47 Å². The Balaban J connectivity index is 1.54. The van der Waals surface area contributed by atoms with Crippen LogP contribution in [-0.2, 0) is 14.3 Å². The molecule has 0 atom stereocenters. The van der Waals surface area contributed by atoms with E-state index in [9.17, 15) is 14.4 Å². The van der Waals surface area contributed by atoms with Gasteiger partial charge in [-0.05, 0) is 51.7 Å². The Hall–Kier alpha value is -2.77. The van der Waals surface area contributed by atoms with Crippen LogP contribution < -0.4 is 15.4 Å². The third kappa shape index (κ3) is 10.2. The SMILES string of the molecule is CC(C)(C)OC(=O)NCCC(=O)N1CCC(CNC(=O)CCOc2ccccc2)CC1. The summed E-state index contributed by atoms with van der Waals surface area (Å²) in [5, 5.41) is 5.58. The van der Waals surface area contributed by atoms with E-state index in [1.54, 1.807) is 20.8 Å². The minimum atomic E-state index is -0.555. The van der Waals surface area contributed by atoms with Gasteiger partial charge in [-0.15, -0.1) is 0 Å². The average molecular weight is 434 g/mol. The van der Waals surface area contributed by atoms with Gasteiger partial charge in [-0.1, -0.05) is 18.2 Å². The Labute approximate surface area is 184 Å². The lowest BCUT2D eigenvalue weighted by atomic mass is 9.96. The summed E-state index contributed by atoms with van der Waals surface area (Å²) in [7, 11) is 0. The van der Waals surface area contributed by atoms with Crippen LogP contribution in [-0.4, -0.2) is 61.2 Å². The summed E-state index contributed by atoms with van der Waals surface area (Å²) in [5.41, 5.74) is -0.555. The van der Waals surface area contributed by atoms with Gasteiger partial charge < -0.3 is 25.0 Å². The summed E-state index contributed by atoms with van der Waals surface area (Å²) in [4.78, 5) is 37.8. The third-order valence-electron chi connectivity index (χ3n) is 4.90. The molecule has 0 radical (unpaired) electrons. The number of hydrogen-bond donors (Lipinski definition) is 2. The second-order valence-electron chi connectivity index (χ2n) is 8.72. The van der Waals surface area contributed by atoms with Crippen LogP contribution in [0.1, 0.15) is 46.5 Å². The molecule has 2 rings (SSSR count). The van der Waals surface area contributed by atoms with Crippen LogP contribution in [0.5, 0.6) is 5.75 Å². The third-order valence-corrected chi connectivity index (χ3v) is 4.90. The molecule has 1 aromatic carbocycles. The van der Waals surface area contributed by atoms with Crippen molar-refractivity contribution in [1.29, 1.82) is 0 Å². The Morgan fingerprint density at radius 1 is 1.03 bits per heavy atom. The zero-order valence-electron chi connectivity index (χ0n) is 18.8. The molecule has 0 aliphatic carbocycles. The quantitative estimate of drug-likeness (QED) is 0.624. The van der Waals surface area contributed by atoms with E-state index in [-0.39, 0.29) is 24.8 Å². The Bertz CT molecular complexity index is 710. The predicted octanol–water partition coefficient (Wildman–Crippen LogP) is 2.73. The van der Waals surface area contributed by atoms with Crippen LogP contribution in [0.2, 0.25) is 0 Å². The van der Waals surface area contributed by atoms with E-state index in [0.29, 0.717) is 38.6 Å². The number of amides is 3. The molecule has 31 heavy (non-hydrogen) atoms. The highest BCUT2D eigenvalue weighted by molar-refractivity contribution is 5.77. The lowest BCUT2D eigenvalue weighted by Gasteiger charge is -2.32. The van der Waals surface area contributed by atoms with Gasteiger partial charge in [0.05, 0.1) is 13.0 Å². The van der Waals surface area contributed by atoms with Crippen molar-refractivity contribution < 1.29 is 23.9 Å². The largest absolute Gasteiger partial charge is 0.493 e. The maximum atomic E-state index is 12.3. The predicted molar refractivity (Wildman–Crippen MR) is 118 cm³/mol. The molecule has 0 saturated carbocycles. The molecule has 1 aliphatic heterocycles. The van der Waals surface area contributed by atoms with Crippen molar-refractivity contribution in [3.63, 3.8) is 0 Å². The Morgan fingerprint density at radius 3 is 2.35 bits per heavy atom. The summed E-state index contributed by atoms with van der Waals surface area (Å²) in [5.74, 6) is 1.12. The fourth-order valence-corrected chi connectivity index (χ4v) is 3.26. The standard InChI is InChI=1S/C23H35N3O5/c1-23(2,3)31-22(29)24-13-9-21(28)26-14-10-18(11-15-26)17-25-20(27)12-16-30-19-7-5-4-6-8-19/h4-8,18H,9-17H2,1-3H3,(H,24,29)(H,25,27). The van der Waals surface area contributed by atoms with Crippen molar-refractivity contribution in [2.45, 2.75) is 52.1 Å². The van der Waals surface area contributed by atoms with Crippen LogP contribution in [0.25, 0.3) is 0 Å². The summed E-state index contributed by atoms with van der Waals surface area (Å²) < 4.78 is 10.7. The zero-order chi connectivity index (χ0) is 22.7. The number of nitrogens with one attached hydrogen (secondary N) is 2. The zero-order valence-corrected chi connectivity index (χ0v) is 18.8. The van der Waals surface area contributed by atoms with Crippen molar-refractivity contribution in [3.8, 4) is 5.75 Å². The highest BCUT2D eigenvalue weighted by Crippen LogP contribution is 2.17. The molecule has 1 fully saturated rings. The maximum Gasteiger partial charge on any atom is 0.407 e. The molecule has 8 heteroatoms. The summed E-state index contributed by atoms with van der Waals surface area (Å²) >= 11 is 0. The van der Waals surface area contributed by atoms with Crippen molar-refractivity contribution in [3.05, 3.63) is 30.3 Å².